The molecule has 0 bridgehead atoms. The predicted molar refractivity (Wildman–Crippen MR) is 99.3 cm³/mol. The van der Waals surface area contributed by atoms with Crippen molar-refractivity contribution >= 4 is 18.4 Å². The van der Waals surface area contributed by atoms with Gasteiger partial charge in [-0.05, 0) is 31.0 Å². The van der Waals surface area contributed by atoms with Crippen LogP contribution in [0.1, 0.15) is 52.0 Å². The summed E-state index contributed by atoms with van der Waals surface area (Å²) in [6.07, 6.45) is 2.11. The van der Waals surface area contributed by atoms with E-state index in [-0.39, 0.29) is 24.3 Å². The van der Waals surface area contributed by atoms with Gasteiger partial charge in [-0.1, -0.05) is 64.4 Å². The zero-order valence-electron chi connectivity index (χ0n) is 15.0. The monoisotopic (exact) mass is 341 g/mol. The largest absolute Gasteiger partial charge is 0.464 e. The normalized spacial score (nSPS) is 13.3. The summed E-state index contributed by atoms with van der Waals surface area (Å²) in [5.74, 6) is 0.0607. The number of carbonyl (C=O) groups is 1. The van der Waals surface area contributed by atoms with Crippen LogP contribution >= 0.6 is 12.4 Å². The molecular formula is C19H32ClNO2. The van der Waals surface area contributed by atoms with Crippen molar-refractivity contribution in [2.75, 3.05) is 26.2 Å². The van der Waals surface area contributed by atoms with Crippen molar-refractivity contribution in [3.63, 3.8) is 0 Å². The maximum Gasteiger partial charge on any atom is 0.313 e. The number of likely N-dealkylation sites (N-methyl/N-ethyl adjacent to an activating group) is 1. The number of ether oxygens (including phenoxy) is 1. The topological polar surface area (TPSA) is 29.5 Å². The number of rotatable bonds is 10. The number of hydrogen-bond acceptors (Lipinski definition) is 3. The van der Waals surface area contributed by atoms with Gasteiger partial charge in [0.05, 0.1) is 5.92 Å². The number of halogens is 1. The third-order valence-electron chi connectivity index (χ3n) is 4.27. The molecule has 0 aliphatic carbocycles. The van der Waals surface area contributed by atoms with Gasteiger partial charge in [0.25, 0.3) is 0 Å². The van der Waals surface area contributed by atoms with E-state index in [4.69, 9.17) is 4.74 Å². The summed E-state index contributed by atoms with van der Waals surface area (Å²) in [6.45, 7) is 11.8. The Balaban J connectivity index is 0.00000484. The molecule has 0 aliphatic rings. The first-order chi connectivity index (χ1) is 10.6. The van der Waals surface area contributed by atoms with Crippen LogP contribution in [0.25, 0.3) is 0 Å². The third kappa shape index (κ3) is 7.36. The second-order valence-corrected chi connectivity index (χ2v) is 5.85. The van der Waals surface area contributed by atoms with E-state index in [2.05, 4.69) is 32.6 Å². The predicted octanol–water partition coefficient (Wildman–Crippen LogP) is 4.51. The van der Waals surface area contributed by atoms with Gasteiger partial charge < -0.3 is 9.64 Å². The molecule has 132 valence electrons. The Morgan fingerprint density at radius 3 is 2.26 bits per heavy atom. The molecule has 1 rings (SSSR count). The lowest BCUT2D eigenvalue weighted by Crippen LogP contribution is -2.30. The summed E-state index contributed by atoms with van der Waals surface area (Å²) in [5.41, 5.74) is 1.07. The van der Waals surface area contributed by atoms with Gasteiger partial charge in [-0.15, -0.1) is 12.4 Å². The second-order valence-electron chi connectivity index (χ2n) is 5.85. The molecule has 3 nitrogen and oxygen atoms in total. The summed E-state index contributed by atoms with van der Waals surface area (Å²) in [6, 6.07) is 10.0. The maximum atomic E-state index is 12.6. The van der Waals surface area contributed by atoms with E-state index >= 15 is 0 Å². The van der Waals surface area contributed by atoms with E-state index in [0.717, 1.165) is 38.0 Å². The molecule has 2 atom stereocenters. The third-order valence-corrected chi connectivity index (χ3v) is 4.27. The fourth-order valence-corrected chi connectivity index (χ4v) is 2.88. The van der Waals surface area contributed by atoms with E-state index in [9.17, 15) is 4.79 Å². The van der Waals surface area contributed by atoms with Crippen LogP contribution in [0.3, 0.4) is 0 Å². The number of esters is 1. The minimum atomic E-state index is -0.155. The van der Waals surface area contributed by atoms with Crippen LogP contribution < -0.4 is 0 Å². The average Bonchev–Trinajstić information content (AvgIpc) is 2.53. The molecule has 0 saturated heterocycles. The van der Waals surface area contributed by atoms with Crippen LogP contribution in [-0.2, 0) is 9.53 Å². The molecule has 23 heavy (non-hydrogen) atoms. The van der Waals surface area contributed by atoms with Crippen molar-refractivity contribution in [1.29, 1.82) is 0 Å². The number of benzene rings is 1. The Bertz CT molecular complexity index is 421. The number of nitrogens with zero attached hydrogens (tertiary/aromatic N) is 1. The molecule has 0 radical (unpaired) electrons. The highest BCUT2D eigenvalue weighted by molar-refractivity contribution is 5.85. The van der Waals surface area contributed by atoms with Crippen LogP contribution in [0.4, 0.5) is 0 Å². The lowest BCUT2D eigenvalue weighted by atomic mass is 9.84. The Labute approximate surface area is 147 Å². The smallest absolute Gasteiger partial charge is 0.313 e. The van der Waals surface area contributed by atoms with E-state index in [1.54, 1.807) is 0 Å². The van der Waals surface area contributed by atoms with Crippen molar-refractivity contribution in [2.24, 2.45) is 5.92 Å². The molecule has 0 spiro atoms. The highest BCUT2D eigenvalue weighted by atomic mass is 35.5. The molecule has 0 amide bonds. The molecule has 4 heteroatoms. The molecule has 0 saturated carbocycles. The van der Waals surface area contributed by atoms with Gasteiger partial charge in [0, 0.05) is 6.54 Å². The minimum Gasteiger partial charge on any atom is -0.464 e. The standard InChI is InChI=1S/C19H31NO2.ClH/c1-5-11-16(4)18(17-12-9-8-10-13-17)19(21)22-15-14-20(6-2)7-3;/h8-10,12-13,16,18H,5-7,11,14-15H2,1-4H3;1H. The first-order valence-electron chi connectivity index (χ1n) is 8.57. The Kier molecular flexibility index (Phi) is 11.8. The zero-order chi connectivity index (χ0) is 16.4. The average molecular weight is 342 g/mol. The maximum absolute atomic E-state index is 12.6. The van der Waals surface area contributed by atoms with Crippen LogP contribution in [-0.4, -0.2) is 37.1 Å². The number of hydrogen-bond donors (Lipinski definition) is 0. The molecule has 2 unspecified atom stereocenters. The Hall–Kier alpha value is -1.06. The Morgan fingerprint density at radius 1 is 1.13 bits per heavy atom. The second kappa shape index (κ2) is 12.4. The molecule has 0 heterocycles. The van der Waals surface area contributed by atoms with Gasteiger partial charge in [-0.3, -0.25) is 4.79 Å². The van der Waals surface area contributed by atoms with Crippen molar-refractivity contribution < 1.29 is 9.53 Å². The van der Waals surface area contributed by atoms with Crippen LogP contribution in [0, 0.1) is 5.92 Å². The fourth-order valence-electron chi connectivity index (χ4n) is 2.88. The first kappa shape index (κ1) is 21.9. The van der Waals surface area contributed by atoms with E-state index in [1.165, 1.54) is 0 Å². The van der Waals surface area contributed by atoms with Crippen molar-refractivity contribution in [2.45, 2.75) is 46.5 Å². The van der Waals surface area contributed by atoms with Gasteiger partial charge in [0.1, 0.15) is 6.61 Å². The molecule has 0 aromatic heterocycles. The van der Waals surface area contributed by atoms with Gasteiger partial charge in [0.15, 0.2) is 0 Å². The van der Waals surface area contributed by atoms with E-state index in [1.807, 2.05) is 30.3 Å². The minimum absolute atomic E-state index is 0. The Morgan fingerprint density at radius 2 is 1.74 bits per heavy atom. The highest BCUT2D eigenvalue weighted by Crippen LogP contribution is 2.29. The van der Waals surface area contributed by atoms with Gasteiger partial charge in [0.2, 0.25) is 0 Å². The van der Waals surface area contributed by atoms with Gasteiger partial charge in [-0.2, -0.15) is 0 Å². The van der Waals surface area contributed by atoms with Gasteiger partial charge in [-0.25, -0.2) is 0 Å². The lowest BCUT2D eigenvalue weighted by molar-refractivity contribution is -0.147. The highest BCUT2D eigenvalue weighted by Gasteiger charge is 2.27. The number of carbonyl (C=O) groups excluding carboxylic acids is 1. The summed E-state index contributed by atoms with van der Waals surface area (Å²) in [7, 11) is 0. The molecular weight excluding hydrogens is 310 g/mol. The van der Waals surface area contributed by atoms with Crippen LogP contribution in [0.15, 0.2) is 30.3 Å². The zero-order valence-corrected chi connectivity index (χ0v) is 15.8. The van der Waals surface area contributed by atoms with E-state index in [0.29, 0.717) is 12.5 Å². The molecule has 0 N–H and O–H groups in total. The molecule has 0 aliphatic heterocycles. The summed E-state index contributed by atoms with van der Waals surface area (Å²) < 4.78 is 5.58. The van der Waals surface area contributed by atoms with Crippen LogP contribution in [0.2, 0.25) is 0 Å². The SMILES string of the molecule is CCCC(C)C(C(=O)OCCN(CC)CC)c1ccccc1.Cl. The van der Waals surface area contributed by atoms with Crippen molar-refractivity contribution in [1.82, 2.24) is 4.90 Å². The van der Waals surface area contributed by atoms with Gasteiger partial charge >= 0.3 is 5.97 Å². The fraction of sp³-hybridized carbons (Fsp3) is 0.632. The summed E-state index contributed by atoms with van der Waals surface area (Å²) >= 11 is 0. The first-order valence-corrected chi connectivity index (χ1v) is 8.57. The van der Waals surface area contributed by atoms with Crippen molar-refractivity contribution in [3.8, 4) is 0 Å². The quantitative estimate of drug-likeness (QED) is 0.586. The summed E-state index contributed by atoms with van der Waals surface area (Å²) in [4.78, 5) is 14.8. The molecule has 1 aromatic carbocycles. The van der Waals surface area contributed by atoms with Crippen molar-refractivity contribution in [3.05, 3.63) is 35.9 Å². The summed E-state index contributed by atoms with van der Waals surface area (Å²) in [5, 5.41) is 0. The van der Waals surface area contributed by atoms with Crippen LogP contribution in [0.5, 0.6) is 0 Å². The van der Waals surface area contributed by atoms with E-state index < -0.39 is 0 Å². The molecule has 1 aromatic rings. The molecule has 0 fully saturated rings. The lowest BCUT2D eigenvalue weighted by Gasteiger charge is -2.24.